The molecule has 5 rings (SSSR count). The average Bonchev–Trinajstić information content (AvgIpc) is 3.53. The molecule has 188 valence electrons. The number of ether oxygens (including phenoxy) is 1. The monoisotopic (exact) mass is 510 g/mol. The van der Waals surface area contributed by atoms with E-state index in [0.717, 1.165) is 40.7 Å². The number of carbonyl (C=O) groups is 1. The molecule has 0 amide bonds. The van der Waals surface area contributed by atoms with Crippen LogP contribution < -0.4 is 4.74 Å². The van der Waals surface area contributed by atoms with E-state index in [-0.39, 0.29) is 11.0 Å². The lowest BCUT2D eigenvalue weighted by molar-refractivity contribution is 0.0994. The summed E-state index contributed by atoms with van der Waals surface area (Å²) in [5.41, 5.74) is 4.85. The first kappa shape index (κ1) is 24.8. The number of hydrogen-bond donors (Lipinski definition) is 1. The lowest BCUT2D eigenvalue weighted by Crippen LogP contribution is -2.14. The molecule has 6 nitrogen and oxygen atoms in total. The molecule has 3 aromatic carbocycles. The highest BCUT2D eigenvalue weighted by Gasteiger charge is 2.24. The number of ketones is 1. The van der Waals surface area contributed by atoms with E-state index < -0.39 is 0 Å². The van der Waals surface area contributed by atoms with Crippen LogP contribution in [0.4, 0.5) is 0 Å². The first-order valence-electron chi connectivity index (χ1n) is 12.6. The molecule has 0 saturated carbocycles. The minimum atomic E-state index is -0.335. The number of aryl methyl sites for hydroxylation is 1. The summed E-state index contributed by atoms with van der Waals surface area (Å²) < 4.78 is 7.66. The number of nitrogens with zero attached hydrogens (tertiary/aromatic N) is 3. The van der Waals surface area contributed by atoms with Crippen molar-refractivity contribution in [3.8, 4) is 22.8 Å². The van der Waals surface area contributed by atoms with Crippen LogP contribution >= 0.6 is 11.8 Å². The number of carbonyl (C=O) groups excluding carboxylic acids is 1. The molecule has 2 aromatic heterocycles. The molecule has 0 radical (unpaired) electrons. The summed E-state index contributed by atoms with van der Waals surface area (Å²) >= 11 is 1.42. The van der Waals surface area contributed by atoms with Crippen molar-refractivity contribution in [1.29, 1.82) is 0 Å². The number of H-pyrrole nitrogens is 1. The molecular formula is C30H30N4O2S. The molecule has 0 fully saturated rings. The standard InChI is InChI=1S/C30H30N4O2S/c1-4-8-21-11-13-22(14-12-21)28(35)20(3)37-30-33-32-29(26-19-31-27-10-7-6-9-25(26)27)34(30)23-15-17-24(18-16-23)36-5-2/h6-7,9-20,31H,4-5,8H2,1-3H3/t20-/m1/s1. The molecule has 7 heteroatoms. The number of Topliss-reactive ketones (excluding diaryl/α,β-unsaturated/α-hetero) is 1. The van der Waals surface area contributed by atoms with Gasteiger partial charge in [-0.05, 0) is 56.2 Å². The molecule has 1 atom stereocenters. The smallest absolute Gasteiger partial charge is 0.196 e. The van der Waals surface area contributed by atoms with Crippen LogP contribution in [0.25, 0.3) is 28.0 Å². The van der Waals surface area contributed by atoms with Gasteiger partial charge in [-0.15, -0.1) is 10.2 Å². The number of nitrogens with one attached hydrogen (secondary N) is 1. The molecule has 0 unspecified atom stereocenters. The Hall–Kier alpha value is -3.84. The molecule has 0 bridgehead atoms. The van der Waals surface area contributed by atoms with Gasteiger partial charge >= 0.3 is 0 Å². The first-order chi connectivity index (χ1) is 18.1. The maximum atomic E-state index is 13.3. The van der Waals surface area contributed by atoms with Gasteiger partial charge in [0.1, 0.15) is 5.75 Å². The number of aromatic nitrogens is 4. The number of hydrogen-bond acceptors (Lipinski definition) is 5. The van der Waals surface area contributed by atoms with Gasteiger partial charge in [-0.25, -0.2) is 0 Å². The molecule has 0 aliphatic carbocycles. The molecular weight excluding hydrogens is 480 g/mol. The van der Waals surface area contributed by atoms with Crippen LogP contribution in [0.1, 0.15) is 43.1 Å². The number of benzene rings is 3. The highest BCUT2D eigenvalue weighted by atomic mass is 32.2. The van der Waals surface area contributed by atoms with E-state index in [9.17, 15) is 4.79 Å². The average molecular weight is 511 g/mol. The van der Waals surface area contributed by atoms with E-state index in [2.05, 4.69) is 28.2 Å². The van der Waals surface area contributed by atoms with Crippen molar-refractivity contribution >= 4 is 28.4 Å². The molecule has 5 aromatic rings. The number of rotatable bonds is 10. The predicted octanol–water partition coefficient (Wildman–Crippen LogP) is 7.13. The van der Waals surface area contributed by atoms with Gasteiger partial charge in [0, 0.05) is 33.9 Å². The maximum Gasteiger partial charge on any atom is 0.196 e. The van der Waals surface area contributed by atoms with E-state index in [1.165, 1.54) is 17.3 Å². The lowest BCUT2D eigenvalue weighted by Gasteiger charge is -2.14. The van der Waals surface area contributed by atoms with Gasteiger partial charge in [0.25, 0.3) is 0 Å². The van der Waals surface area contributed by atoms with Crippen molar-refractivity contribution in [1.82, 2.24) is 19.7 Å². The molecule has 1 N–H and O–H groups in total. The fourth-order valence-corrected chi connectivity index (χ4v) is 5.38. The third-order valence-corrected chi connectivity index (χ3v) is 7.34. The second-order valence-corrected chi connectivity index (χ2v) is 10.2. The maximum absolute atomic E-state index is 13.3. The second kappa shape index (κ2) is 11.0. The van der Waals surface area contributed by atoms with Crippen LogP contribution in [-0.2, 0) is 6.42 Å². The minimum absolute atomic E-state index is 0.0722. The number of aromatic amines is 1. The SMILES string of the molecule is CCCc1ccc(C(=O)[C@@H](C)Sc2nnc(-c3c[nH]c4ccccc34)n2-c2ccc(OCC)cc2)cc1. The Morgan fingerprint density at radius 2 is 1.76 bits per heavy atom. The Kier molecular flexibility index (Phi) is 7.42. The van der Waals surface area contributed by atoms with Gasteiger partial charge in [0.05, 0.1) is 11.9 Å². The number of fused-ring (bicyclic) bond motifs is 1. The molecule has 37 heavy (non-hydrogen) atoms. The van der Waals surface area contributed by atoms with E-state index in [1.54, 1.807) is 0 Å². The van der Waals surface area contributed by atoms with Crippen molar-refractivity contribution < 1.29 is 9.53 Å². The van der Waals surface area contributed by atoms with Crippen molar-refractivity contribution in [2.45, 2.75) is 44.0 Å². The lowest BCUT2D eigenvalue weighted by atomic mass is 10.0. The van der Waals surface area contributed by atoms with Gasteiger partial charge in [-0.2, -0.15) is 0 Å². The van der Waals surface area contributed by atoms with E-state index in [1.807, 2.05) is 91.3 Å². The fraction of sp³-hybridized carbons (Fsp3) is 0.233. The normalized spacial score (nSPS) is 12.1. The van der Waals surface area contributed by atoms with Crippen LogP contribution in [0.5, 0.6) is 5.75 Å². The zero-order valence-electron chi connectivity index (χ0n) is 21.3. The fourth-order valence-electron chi connectivity index (χ4n) is 4.44. The van der Waals surface area contributed by atoms with Crippen LogP contribution in [0.3, 0.4) is 0 Å². The number of para-hydroxylation sites is 1. The summed E-state index contributed by atoms with van der Waals surface area (Å²) in [5.74, 6) is 1.59. The van der Waals surface area contributed by atoms with Gasteiger partial charge in [0.2, 0.25) is 0 Å². The quantitative estimate of drug-likeness (QED) is 0.160. The topological polar surface area (TPSA) is 72.8 Å². The highest BCUT2D eigenvalue weighted by molar-refractivity contribution is 8.00. The zero-order chi connectivity index (χ0) is 25.8. The highest BCUT2D eigenvalue weighted by Crippen LogP contribution is 2.34. The van der Waals surface area contributed by atoms with Crippen LogP contribution in [0.15, 0.2) is 84.1 Å². The number of thioether (sulfide) groups is 1. The predicted molar refractivity (Wildman–Crippen MR) is 150 cm³/mol. The molecule has 2 heterocycles. The molecule has 0 saturated heterocycles. The molecule has 0 aliphatic heterocycles. The van der Waals surface area contributed by atoms with Crippen LogP contribution in [-0.4, -0.2) is 37.4 Å². The summed E-state index contributed by atoms with van der Waals surface area (Å²) in [6.45, 7) is 6.65. The Morgan fingerprint density at radius 1 is 1.00 bits per heavy atom. The van der Waals surface area contributed by atoms with Gasteiger partial charge in [-0.3, -0.25) is 9.36 Å². The van der Waals surface area contributed by atoms with Crippen molar-refractivity contribution in [3.05, 3.63) is 90.1 Å². The van der Waals surface area contributed by atoms with Crippen molar-refractivity contribution in [2.75, 3.05) is 6.61 Å². The summed E-state index contributed by atoms with van der Waals surface area (Å²) in [6, 6.07) is 24.0. The second-order valence-electron chi connectivity index (χ2n) is 8.89. The third kappa shape index (κ3) is 5.18. The molecule has 0 spiro atoms. The largest absolute Gasteiger partial charge is 0.494 e. The van der Waals surface area contributed by atoms with E-state index in [4.69, 9.17) is 4.74 Å². The first-order valence-corrected chi connectivity index (χ1v) is 13.5. The van der Waals surface area contributed by atoms with E-state index >= 15 is 0 Å². The summed E-state index contributed by atoms with van der Waals surface area (Å²) in [5, 5.41) is 10.5. The summed E-state index contributed by atoms with van der Waals surface area (Å²) in [6.07, 6.45) is 4.06. The Bertz CT molecular complexity index is 1500. The third-order valence-electron chi connectivity index (χ3n) is 6.30. The summed E-state index contributed by atoms with van der Waals surface area (Å²) in [7, 11) is 0. The van der Waals surface area contributed by atoms with Crippen molar-refractivity contribution in [3.63, 3.8) is 0 Å². The Morgan fingerprint density at radius 3 is 2.49 bits per heavy atom. The van der Waals surface area contributed by atoms with Crippen LogP contribution in [0.2, 0.25) is 0 Å². The van der Waals surface area contributed by atoms with Gasteiger partial charge < -0.3 is 9.72 Å². The Labute approximate surface area is 221 Å². The minimum Gasteiger partial charge on any atom is -0.494 e. The van der Waals surface area contributed by atoms with Gasteiger partial charge in [0.15, 0.2) is 16.8 Å². The van der Waals surface area contributed by atoms with Gasteiger partial charge in [-0.1, -0.05) is 67.6 Å². The van der Waals surface area contributed by atoms with Crippen LogP contribution in [0, 0.1) is 0 Å². The molecule has 0 aliphatic rings. The van der Waals surface area contributed by atoms with Crippen molar-refractivity contribution in [2.24, 2.45) is 0 Å². The Balaban J connectivity index is 1.51. The summed E-state index contributed by atoms with van der Waals surface area (Å²) in [4.78, 5) is 16.6. The van der Waals surface area contributed by atoms with E-state index in [0.29, 0.717) is 23.2 Å². The zero-order valence-corrected chi connectivity index (χ0v) is 22.1.